The van der Waals surface area contributed by atoms with Gasteiger partial charge in [0.2, 0.25) is 5.91 Å². The lowest BCUT2D eigenvalue weighted by atomic mass is 10.1. The van der Waals surface area contributed by atoms with E-state index < -0.39 is 0 Å². The Morgan fingerprint density at radius 2 is 1.89 bits per heavy atom. The molecule has 6 heteroatoms. The zero-order valence-electron chi connectivity index (χ0n) is 15.7. The van der Waals surface area contributed by atoms with Crippen molar-refractivity contribution in [3.05, 3.63) is 59.4 Å². The van der Waals surface area contributed by atoms with Crippen molar-refractivity contribution >= 4 is 5.91 Å². The summed E-state index contributed by atoms with van der Waals surface area (Å²) in [5.74, 6) is 1.22. The highest BCUT2D eigenvalue weighted by atomic mass is 19.1. The van der Waals surface area contributed by atoms with E-state index in [1.165, 1.54) is 12.1 Å². The van der Waals surface area contributed by atoms with Crippen molar-refractivity contribution in [1.29, 1.82) is 0 Å². The minimum absolute atomic E-state index is 0.0481. The first-order chi connectivity index (χ1) is 13.1. The monoisotopic (exact) mass is 372 g/mol. The van der Waals surface area contributed by atoms with Crippen molar-refractivity contribution in [3.8, 4) is 11.5 Å². The molecule has 1 fully saturated rings. The Morgan fingerprint density at radius 1 is 1.15 bits per heavy atom. The van der Waals surface area contributed by atoms with Gasteiger partial charge in [0.1, 0.15) is 17.3 Å². The van der Waals surface area contributed by atoms with E-state index in [2.05, 4.69) is 10.2 Å². The van der Waals surface area contributed by atoms with Crippen LogP contribution in [0.4, 0.5) is 4.39 Å². The molecule has 0 atom stereocenters. The van der Waals surface area contributed by atoms with Crippen molar-refractivity contribution in [2.45, 2.75) is 32.0 Å². The van der Waals surface area contributed by atoms with E-state index in [0.29, 0.717) is 25.7 Å². The molecule has 0 aromatic heterocycles. The second-order valence-corrected chi connectivity index (χ2v) is 6.72. The lowest BCUT2D eigenvalue weighted by molar-refractivity contribution is -0.122. The van der Waals surface area contributed by atoms with Gasteiger partial charge in [0.15, 0.2) is 0 Å². The number of methoxy groups -OCH3 is 2. The first-order valence-corrected chi connectivity index (χ1v) is 9.05. The highest BCUT2D eigenvalue weighted by Gasteiger charge is 2.31. The number of nitrogens with one attached hydrogen (secondary N) is 1. The Hall–Kier alpha value is -2.60. The van der Waals surface area contributed by atoms with Gasteiger partial charge in [-0.05, 0) is 48.7 Å². The van der Waals surface area contributed by atoms with Crippen molar-refractivity contribution in [1.82, 2.24) is 10.2 Å². The zero-order chi connectivity index (χ0) is 19.2. The normalized spacial score (nSPS) is 13.5. The summed E-state index contributed by atoms with van der Waals surface area (Å²) in [4.78, 5) is 14.6. The van der Waals surface area contributed by atoms with Crippen LogP contribution in [0.3, 0.4) is 0 Å². The largest absolute Gasteiger partial charge is 0.497 e. The molecule has 0 saturated heterocycles. The molecule has 144 valence electrons. The molecular formula is C21H25FN2O3. The van der Waals surface area contributed by atoms with E-state index in [1.807, 2.05) is 18.2 Å². The molecule has 0 spiro atoms. The Kier molecular flexibility index (Phi) is 6.29. The molecule has 0 heterocycles. The number of ether oxygens (including phenoxy) is 2. The maximum absolute atomic E-state index is 13.0. The number of hydrogen-bond acceptors (Lipinski definition) is 4. The number of hydrogen-bond donors (Lipinski definition) is 1. The Morgan fingerprint density at radius 3 is 2.52 bits per heavy atom. The summed E-state index contributed by atoms with van der Waals surface area (Å²) in [6, 6.07) is 12.3. The fourth-order valence-corrected chi connectivity index (χ4v) is 3.02. The van der Waals surface area contributed by atoms with Gasteiger partial charge in [-0.1, -0.05) is 12.1 Å². The summed E-state index contributed by atoms with van der Waals surface area (Å²) in [6.07, 6.45) is 2.19. The van der Waals surface area contributed by atoms with Gasteiger partial charge in [-0.25, -0.2) is 4.39 Å². The number of amides is 1. The van der Waals surface area contributed by atoms with E-state index in [0.717, 1.165) is 35.5 Å². The van der Waals surface area contributed by atoms with Crippen molar-refractivity contribution in [3.63, 3.8) is 0 Å². The predicted octanol–water partition coefficient (Wildman–Crippen LogP) is 3.12. The Balaban J connectivity index is 1.61. The molecule has 1 amide bonds. The molecule has 2 aromatic rings. The average Bonchev–Trinajstić information content (AvgIpc) is 3.52. The number of carbonyl (C=O) groups is 1. The molecule has 0 radical (unpaired) electrons. The summed E-state index contributed by atoms with van der Waals surface area (Å²) in [5, 5.41) is 2.91. The number of carbonyl (C=O) groups excluding carboxylic acids is 1. The molecule has 1 aliphatic carbocycles. The van der Waals surface area contributed by atoms with Crippen molar-refractivity contribution in [2.24, 2.45) is 0 Å². The summed E-state index contributed by atoms with van der Waals surface area (Å²) in [6.45, 7) is 1.32. The number of rotatable bonds is 9. The molecule has 5 nitrogen and oxygen atoms in total. The van der Waals surface area contributed by atoms with E-state index in [4.69, 9.17) is 9.47 Å². The van der Waals surface area contributed by atoms with Gasteiger partial charge in [0.25, 0.3) is 0 Å². The highest BCUT2D eigenvalue weighted by molar-refractivity contribution is 5.78. The van der Waals surface area contributed by atoms with Crippen LogP contribution < -0.4 is 14.8 Å². The van der Waals surface area contributed by atoms with Gasteiger partial charge in [-0.15, -0.1) is 0 Å². The van der Waals surface area contributed by atoms with E-state index in [-0.39, 0.29) is 11.7 Å². The molecule has 1 saturated carbocycles. The lowest BCUT2D eigenvalue weighted by Gasteiger charge is -2.23. The van der Waals surface area contributed by atoms with Gasteiger partial charge in [-0.3, -0.25) is 9.69 Å². The fraction of sp³-hybridized carbons (Fsp3) is 0.381. The lowest BCUT2D eigenvalue weighted by Crippen LogP contribution is -2.38. The standard InChI is InChI=1S/C21H25FN2O3/c1-26-19-9-10-20(27-2)16(11-19)13-24(18-7-8-18)14-21(25)23-12-15-3-5-17(22)6-4-15/h3-6,9-11,18H,7-8,12-14H2,1-2H3,(H,23,25). The molecule has 0 unspecified atom stereocenters. The summed E-state index contributed by atoms with van der Waals surface area (Å²) in [7, 11) is 3.27. The van der Waals surface area contributed by atoms with Gasteiger partial charge in [0, 0.05) is 24.7 Å². The minimum Gasteiger partial charge on any atom is -0.497 e. The smallest absolute Gasteiger partial charge is 0.234 e. The molecule has 1 aliphatic rings. The molecule has 3 rings (SSSR count). The first-order valence-electron chi connectivity index (χ1n) is 9.05. The van der Waals surface area contributed by atoms with Crippen LogP contribution in [0.1, 0.15) is 24.0 Å². The zero-order valence-corrected chi connectivity index (χ0v) is 15.7. The van der Waals surface area contributed by atoms with Crippen LogP contribution in [0.5, 0.6) is 11.5 Å². The molecule has 0 bridgehead atoms. The third kappa shape index (κ3) is 5.44. The van der Waals surface area contributed by atoms with E-state index in [1.54, 1.807) is 26.4 Å². The molecule has 0 aliphatic heterocycles. The Labute approximate surface area is 159 Å². The summed E-state index contributed by atoms with van der Waals surface area (Å²) in [5.41, 5.74) is 1.87. The van der Waals surface area contributed by atoms with Crippen LogP contribution >= 0.6 is 0 Å². The van der Waals surface area contributed by atoms with E-state index >= 15 is 0 Å². The SMILES string of the molecule is COc1ccc(OC)c(CN(CC(=O)NCc2ccc(F)cc2)C2CC2)c1. The van der Waals surface area contributed by atoms with Gasteiger partial charge in [0.05, 0.1) is 20.8 Å². The number of halogens is 1. The third-order valence-electron chi connectivity index (χ3n) is 4.67. The van der Waals surface area contributed by atoms with Crippen LogP contribution in [0.15, 0.2) is 42.5 Å². The fourth-order valence-electron chi connectivity index (χ4n) is 3.02. The van der Waals surface area contributed by atoms with Gasteiger partial charge < -0.3 is 14.8 Å². The average molecular weight is 372 g/mol. The van der Waals surface area contributed by atoms with Gasteiger partial charge in [-0.2, -0.15) is 0 Å². The molecular weight excluding hydrogens is 347 g/mol. The third-order valence-corrected chi connectivity index (χ3v) is 4.67. The molecule has 1 N–H and O–H groups in total. The number of benzene rings is 2. The van der Waals surface area contributed by atoms with E-state index in [9.17, 15) is 9.18 Å². The van der Waals surface area contributed by atoms with Crippen LogP contribution in [0.25, 0.3) is 0 Å². The first kappa shape index (κ1) is 19.2. The summed E-state index contributed by atoms with van der Waals surface area (Å²) >= 11 is 0. The predicted molar refractivity (Wildman–Crippen MR) is 101 cm³/mol. The van der Waals surface area contributed by atoms with Crippen LogP contribution in [-0.2, 0) is 17.9 Å². The Bertz CT molecular complexity index is 775. The van der Waals surface area contributed by atoms with Gasteiger partial charge >= 0.3 is 0 Å². The molecule has 27 heavy (non-hydrogen) atoms. The number of nitrogens with zero attached hydrogens (tertiary/aromatic N) is 1. The maximum atomic E-state index is 13.0. The highest BCUT2D eigenvalue weighted by Crippen LogP contribution is 2.31. The second kappa shape index (κ2) is 8.86. The maximum Gasteiger partial charge on any atom is 0.234 e. The van der Waals surface area contributed by atoms with Crippen molar-refractivity contribution < 1.29 is 18.7 Å². The molecule has 2 aromatic carbocycles. The van der Waals surface area contributed by atoms with Crippen LogP contribution in [-0.4, -0.2) is 37.6 Å². The van der Waals surface area contributed by atoms with Crippen LogP contribution in [0.2, 0.25) is 0 Å². The van der Waals surface area contributed by atoms with Crippen LogP contribution in [0, 0.1) is 5.82 Å². The topological polar surface area (TPSA) is 50.8 Å². The summed E-state index contributed by atoms with van der Waals surface area (Å²) < 4.78 is 23.7. The minimum atomic E-state index is -0.280. The van der Waals surface area contributed by atoms with Crippen molar-refractivity contribution in [2.75, 3.05) is 20.8 Å². The quantitative estimate of drug-likeness (QED) is 0.735. The second-order valence-electron chi connectivity index (χ2n) is 6.72.